The molecule has 3 heteroatoms. The third-order valence-corrected chi connectivity index (χ3v) is 18.9. The second-order valence-corrected chi connectivity index (χ2v) is 21.8. The van der Waals surface area contributed by atoms with E-state index in [0.717, 1.165) is 38.8 Å². The summed E-state index contributed by atoms with van der Waals surface area (Å²) in [7, 11) is -2.68. The van der Waals surface area contributed by atoms with Gasteiger partial charge < -0.3 is 8.98 Å². The third-order valence-electron chi connectivity index (χ3n) is 14.1. The summed E-state index contributed by atoms with van der Waals surface area (Å²) in [6.07, 6.45) is 0. The first-order valence-corrected chi connectivity index (χ1v) is 25.7. The quantitative estimate of drug-likeness (QED) is 0.104. The topological polar surface area (TPSA) is 18.1 Å². The van der Waals surface area contributed by atoms with Crippen LogP contribution in [0.15, 0.2) is 277 Å². The third kappa shape index (κ3) is 6.94. The first-order chi connectivity index (χ1) is 34.2. The van der Waals surface area contributed by atoms with Crippen LogP contribution in [0, 0.1) is 0 Å². The lowest BCUT2D eigenvalue weighted by Gasteiger charge is -2.34. The van der Waals surface area contributed by atoms with Crippen molar-refractivity contribution in [2.45, 2.75) is 0 Å². The standard InChI is InChI=1S/C66H45NOSi/c1-5-18-46(19-6-1)52-34-37-64-60(43-52)59-32-13-14-33-63(59)67(64)54-36-39-66-62(45-54)61-44-53(35-38-65(61)68-66)50-23-16-21-48(41-50)47-20-15-22-49(40-47)51-24-17-31-58(42-51)69(55-25-7-2-8-26-55,56-27-9-3-10-28-56)57-29-11-4-12-30-57/h1-45H. The molecule has 0 aliphatic rings. The van der Waals surface area contributed by atoms with E-state index < -0.39 is 8.07 Å². The molecule has 0 atom stereocenters. The van der Waals surface area contributed by atoms with Crippen LogP contribution >= 0.6 is 0 Å². The number of hydrogen-bond donors (Lipinski definition) is 0. The molecule has 0 amide bonds. The van der Waals surface area contributed by atoms with Crippen LogP contribution in [0.2, 0.25) is 0 Å². The summed E-state index contributed by atoms with van der Waals surface area (Å²) in [6, 6.07) is 100. The van der Waals surface area contributed by atoms with Crippen LogP contribution in [0.1, 0.15) is 0 Å². The molecular weight excluding hydrogens is 851 g/mol. The maximum atomic E-state index is 6.50. The lowest BCUT2D eigenvalue weighted by Crippen LogP contribution is -2.74. The molecule has 0 N–H and O–H groups in total. The molecule has 11 aromatic carbocycles. The van der Waals surface area contributed by atoms with Crippen molar-refractivity contribution >= 4 is 72.6 Å². The van der Waals surface area contributed by atoms with E-state index in [4.69, 9.17) is 4.42 Å². The Labute approximate surface area is 402 Å². The van der Waals surface area contributed by atoms with Gasteiger partial charge in [0, 0.05) is 27.2 Å². The largest absolute Gasteiger partial charge is 0.456 e. The normalized spacial score (nSPS) is 11.8. The van der Waals surface area contributed by atoms with E-state index in [0.29, 0.717) is 0 Å². The molecular formula is C66H45NOSi. The van der Waals surface area contributed by atoms with Gasteiger partial charge in [-0.15, -0.1) is 0 Å². The van der Waals surface area contributed by atoms with Gasteiger partial charge in [0.2, 0.25) is 0 Å². The molecule has 0 radical (unpaired) electrons. The van der Waals surface area contributed by atoms with Crippen molar-refractivity contribution in [3.8, 4) is 50.2 Å². The van der Waals surface area contributed by atoms with E-state index in [2.05, 4.69) is 278 Å². The van der Waals surface area contributed by atoms with Gasteiger partial charge in [-0.2, -0.15) is 0 Å². The minimum atomic E-state index is -2.68. The van der Waals surface area contributed by atoms with E-state index in [-0.39, 0.29) is 0 Å². The molecule has 0 saturated heterocycles. The highest BCUT2D eigenvalue weighted by Crippen LogP contribution is 2.39. The summed E-state index contributed by atoms with van der Waals surface area (Å²) < 4.78 is 8.89. The molecule has 2 aromatic heterocycles. The Morgan fingerprint density at radius 3 is 1.26 bits per heavy atom. The van der Waals surface area contributed by atoms with Crippen molar-refractivity contribution in [3.05, 3.63) is 273 Å². The first-order valence-electron chi connectivity index (χ1n) is 23.7. The number of rotatable bonds is 9. The fourth-order valence-corrected chi connectivity index (χ4v) is 15.7. The van der Waals surface area contributed by atoms with Crippen molar-refractivity contribution < 1.29 is 4.42 Å². The van der Waals surface area contributed by atoms with Crippen LogP contribution in [-0.2, 0) is 0 Å². The fraction of sp³-hybridized carbons (Fsp3) is 0. The average Bonchev–Trinajstić information content (AvgIpc) is 3.97. The van der Waals surface area contributed by atoms with Crippen LogP contribution in [0.3, 0.4) is 0 Å². The number of para-hydroxylation sites is 1. The van der Waals surface area contributed by atoms with Crippen molar-refractivity contribution in [2.75, 3.05) is 0 Å². The fourth-order valence-electron chi connectivity index (χ4n) is 10.9. The molecule has 324 valence electrons. The highest BCUT2D eigenvalue weighted by atomic mass is 28.3. The predicted octanol–water partition coefficient (Wildman–Crippen LogP) is 14.7. The van der Waals surface area contributed by atoms with Gasteiger partial charge >= 0.3 is 0 Å². The molecule has 2 nitrogen and oxygen atoms in total. The Morgan fingerprint density at radius 1 is 0.246 bits per heavy atom. The number of fused-ring (bicyclic) bond motifs is 6. The molecule has 0 unspecified atom stereocenters. The van der Waals surface area contributed by atoms with Crippen molar-refractivity contribution in [2.24, 2.45) is 0 Å². The van der Waals surface area contributed by atoms with E-state index in [9.17, 15) is 0 Å². The maximum absolute atomic E-state index is 6.50. The van der Waals surface area contributed by atoms with Crippen LogP contribution in [-0.4, -0.2) is 12.6 Å². The zero-order chi connectivity index (χ0) is 45.7. The number of nitrogens with zero attached hydrogens (tertiary/aromatic N) is 1. The molecule has 13 rings (SSSR count). The lowest BCUT2D eigenvalue weighted by molar-refractivity contribution is 0.669. The minimum Gasteiger partial charge on any atom is -0.456 e. The van der Waals surface area contributed by atoms with Gasteiger partial charge in [-0.25, -0.2) is 0 Å². The SMILES string of the molecule is c1ccc(-c2ccc3c(c2)c2ccccc2n3-c2ccc3oc4ccc(-c5cccc(-c6cccc(-c7cccc([Si](c8ccccc8)(c8ccccc8)c8ccccc8)c7)c6)c5)cc4c3c2)cc1. The van der Waals surface area contributed by atoms with Gasteiger partial charge in [-0.05, 0) is 126 Å². The molecule has 69 heavy (non-hydrogen) atoms. The van der Waals surface area contributed by atoms with Crippen LogP contribution in [0.25, 0.3) is 93.9 Å². The van der Waals surface area contributed by atoms with Crippen molar-refractivity contribution in [1.29, 1.82) is 0 Å². The Bertz CT molecular complexity index is 3910. The summed E-state index contributed by atoms with van der Waals surface area (Å²) in [4.78, 5) is 0. The molecule has 0 bridgehead atoms. The van der Waals surface area contributed by atoms with Gasteiger partial charge in [0.25, 0.3) is 0 Å². The predicted molar refractivity (Wildman–Crippen MR) is 293 cm³/mol. The second-order valence-electron chi connectivity index (χ2n) is 18.0. The highest BCUT2D eigenvalue weighted by Gasteiger charge is 2.41. The van der Waals surface area contributed by atoms with Gasteiger partial charge in [0.05, 0.1) is 11.0 Å². The van der Waals surface area contributed by atoms with Crippen LogP contribution in [0.5, 0.6) is 0 Å². The first kappa shape index (κ1) is 40.5. The molecule has 0 aliphatic carbocycles. The average molecular weight is 896 g/mol. The monoisotopic (exact) mass is 895 g/mol. The summed E-state index contributed by atoms with van der Waals surface area (Å²) >= 11 is 0. The Hall–Kier alpha value is -8.76. The van der Waals surface area contributed by atoms with Crippen LogP contribution in [0.4, 0.5) is 0 Å². The number of furan rings is 1. The Kier molecular flexibility index (Phi) is 9.88. The molecule has 0 aliphatic heterocycles. The lowest BCUT2D eigenvalue weighted by atomic mass is 9.96. The van der Waals surface area contributed by atoms with E-state index >= 15 is 0 Å². The molecule has 2 heterocycles. The van der Waals surface area contributed by atoms with Crippen molar-refractivity contribution in [3.63, 3.8) is 0 Å². The smallest absolute Gasteiger partial charge is 0.179 e. The molecule has 0 spiro atoms. The summed E-state index contributed by atoms with van der Waals surface area (Å²) in [5.41, 5.74) is 14.7. The summed E-state index contributed by atoms with van der Waals surface area (Å²) in [6.45, 7) is 0. The summed E-state index contributed by atoms with van der Waals surface area (Å²) in [5, 5.41) is 10.1. The maximum Gasteiger partial charge on any atom is 0.179 e. The Morgan fingerprint density at radius 2 is 0.652 bits per heavy atom. The molecule has 13 aromatic rings. The van der Waals surface area contributed by atoms with E-state index in [1.54, 1.807) is 0 Å². The number of aromatic nitrogens is 1. The minimum absolute atomic E-state index is 0.879. The molecule has 0 saturated carbocycles. The zero-order valence-corrected chi connectivity index (χ0v) is 38.8. The highest BCUT2D eigenvalue weighted by molar-refractivity contribution is 7.19. The van der Waals surface area contributed by atoms with Gasteiger partial charge in [-0.3, -0.25) is 0 Å². The summed E-state index contributed by atoms with van der Waals surface area (Å²) in [5.74, 6) is 0. The van der Waals surface area contributed by atoms with Gasteiger partial charge in [-0.1, -0.05) is 212 Å². The zero-order valence-electron chi connectivity index (χ0n) is 37.8. The Balaban J connectivity index is 0.870. The van der Waals surface area contributed by atoms with Crippen LogP contribution < -0.4 is 20.7 Å². The van der Waals surface area contributed by atoms with E-state index in [1.807, 2.05) is 0 Å². The number of hydrogen-bond acceptors (Lipinski definition) is 1. The van der Waals surface area contributed by atoms with Gasteiger partial charge in [0.1, 0.15) is 11.2 Å². The van der Waals surface area contributed by atoms with E-state index in [1.165, 1.54) is 75.9 Å². The van der Waals surface area contributed by atoms with Gasteiger partial charge in [0.15, 0.2) is 8.07 Å². The molecule has 0 fully saturated rings. The second kappa shape index (κ2) is 16.8. The van der Waals surface area contributed by atoms with Crippen molar-refractivity contribution in [1.82, 2.24) is 4.57 Å². The number of benzene rings is 11.